The molecule has 1 N–H and O–H groups in total. The quantitative estimate of drug-likeness (QED) is 0.923. The van der Waals surface area contributed by atoms with E-state index < -0.39 is 0 Å². The van der Waals surface area contributed by atoms with Crippen LogP contribution in [0.1, 0.15) is 19.8 Å². The molecule has 0 saturated carbocycles. The number of halogens is 1. The van der Waals surface area contributed by atoms with Gasteiger partial charge in [0.05, 0.1) is 10.7 Å². The van der Waals surface area contributed by atoms with Gasteiger partial charge in [0.25, 0.3) is 0 Å². The average molecular weight is 308 g/mol. The molecule has 0 aliphatic carbocycles. The molecule has 116 valence electrons. The monoisotopic (exact) mass is 307 g/mol. The van der Waals surface area contributed by atoms with Crippen LogP contribution in [-0.4, -0.2) is 50.7 Å². The number of piperazine rings is 1. The van der Waals surface area contributed by atoms with Crippen LogP contribution in [0.3, 0.4) is 0 Å². The molecule has 2 heterocycles. The van der Waals surface area contributed by atoms with Crippen molar-refractivity contribution < 1.29 is 0 Å². The van der Waals surface area contributed by atoms with E-state index in [0.717, 1.165) is 31.2 Å². The summed E-state index contributed by atoms with van der Waals surface area (Å²) in [5.41, 5.74) is 1.69. The molecular weight excluding hydrogens is 282 g/mol. The Hall–Kier alpha value is -0.770. The summed E-state index contributed by atoms with van der Waals surface area (Å²) in [6.45, 7) is 10.4. The molecule has 1 aromatic rings. The summed E-state index contributed by atoms with van der Waals surface area (Å²) in [6, 6.07) is 8.19. The third-order valence-corrected chi connectivity index (χ3v) is 5.53. The molecule has 3 nitrogen and oxygen atoms in total. The second-order valence-corrected chi connectivity index (χ2v) is 6.90. The van der Waals surface area contributed by atoms with Gasteiger partial charge in [0.15, 0.2) is 0 Å². The number of rotatable bonds is 4. The number of anilines is 1. The van der Waals surface area contributed by atoms with E-state index in [2.05, 4.69) is 34.2 Å². The Morgan fingerprint density at radius 2 is 1.95 bits per heavy atom. The van der Waals surface area contributed by atoms with Crippen molar-refractivity contribution in [1.29, 1.82) is 0 Å². The Morgan fingerprint density at radius 3 is 2.57 bits per heavy atom. The van der Waals surface area contributed by atoms with Gasteiger partial charge in [-0.25, -0.2) is 0 Å². The van der Waals surface area contributed by atoms with E-state index >= 15 is 0 Å². The highest BCUT2D eigenvalue weighted by atomic mass is 35.5. The Bertz CT molecular complexity index is 463. The van der Waals surface area contributed by atoms with E-state index in [1.807, 2.05) is 12.1 Å². The van der Waals surface area contributed by atoms with Gasteiger partial charge in [0.2, 0.25) is 0 Å². The molecule has 3 rings (SSSR count). The Balaban J connectivity index is 1.57. The van der Waals surface area contributed by atoms with Gasteiger partial charge in [-0.15, -0.1) is 0 Å². The van der Waals surface area contributed by atoms with Crippen molar-refractivity contribution >= 4 is 17.3 Å². The Kier molecular flexibility index (Phi) is 4.72. The van der Waals surface area contributed by atoms with E-state index in [4.69, 9.17) is 11.6 Å². The van der Waals surface area contributed by atoms with E-state index in [9.17, 15) is 0 Å². The lowest BCUT2D eigenvalue weighted by molar-refractivity contribution is 0.151. The lowest BCUT2D eigenvalue weighted by atomic mass is 9.83. The molecule has 0 aromatic heterocycles. The first kappa shape index (κ1) is 15.1. The van der Waals surface area contributed by atoms with Gasteiger partial charge in [-0.1, -0.05) is 30.7 Å². The SMILES string of the molecule is CCC1(CN2CCN(c3ccccc3Cl)CC2)CCNC1. The van der Waals surface area contributed by atoms with Crippen LogP contribution in [0.15, 0.2) is 24.3 Å². The summed E-state index contributed by atoms with van der Waals surface area (Å²) >= 11 is 6.31. The zero-order valence-corrected chi connectivity index (χ0v) is 13.7. The predicted octanol–water partition coefficient (Wildman–Crippen LogP) is 2.85. The minimum atomic E-state index is 0.507. The number of hydrogen-bond acceptors (Lipinski definition) is 3. The van der Waals surface area contributed by atoms with Crippen LogP contribution in [0.4, 0.5) is 5.69 Å². The van der Waals surface area contributed by atoms with Crippen LogP contribution in [0.2, 0.25) is 5.02 Å². The van der Waals surface area contributed by atoms with Gasteiger partial charge in [-0.3, -0.25) is 4.90 Å². The molecule has 2 aliphatic rings. The standard InChI is InChI=1S/C17H26ClN3/c1-2-17(7-8-19-13-17)14-20-9-11-21(12-10-20)16-6-4-3-5-15(16)18/h3-6,19H,2,7-14H2,1H3. The van der Waals surface area contributed by atoms with Crippen LogP contribution in [-0.2, 0) is 0 Å². The van der Waals surface area contributed by atoms with E-state index in [-0.39, 0.29) is 0 Å². The lowest BCUT2D eigenvalue weighted by Gasteiger charge is -2.40. The first-order valence-corrected chi connectivity index (χ1v) is 8.53. The molecule has 2 aliphatic heterocycles. The second-order valence-electron chi connectivity index (χ2n) is 6.49. The first-order valence-electron chi connectivity index (χ1n) is 8.15. The normalized spacial score (nSPS) is 27.2. The fourth-order valence-electron chi connectivity index (χ4n) is 3.67. The number of para-hydroxylation sites is 1. The number of hydrogen-bond donors (Lipinski definition) is 1. The zero-order valence-electron chi connectivity index (χ0n) is 12.9. The maximum Gasteiger partial charge on any atom is 0.0639 e. The van der Waals surface area contributed by atoms with Crippen LogP contribution >= 0.6 is 11.6 Å². The lowest BCUT2D eigenvalue weighted by Crippen LogP contribution is -2.50. The summed E-state index contributed by atoms with van der Waals surface area (Å²) < 4.78 is 0. The average Bonchev–Trinajstić information content (AvgIpc) is 2.98. The maximum atomic E-state index is 6.31. The fraction of sp³-hybridized carbons (Fsp3) is 0.647. The largest absolute Gasteiger partial charge is 0.368 e. The summed E-state index contributed by atoms with van der Waals surface area (Å²) in [7, 11) is 0. The smallest absolute Gasteiger partial charge is 0.0639 e. The van der Waals surface area contributed by atoms with Crippen molar-refractivity contribution in [3.63, 3.8) is 0 Å². The molecule has 0 radical (unpaired) electrons. The molecule has 1 aromatic carbocycles. The van der Waals surface area contributed by atoms with Gasteiger partial charge in [-0.2, -0.15) is 0 Å². The van der Waals surface area contributed by atoms with Crippen LogP contribution in [0.5, 0.6) is 0 Å². The van der Waals surface area contributed by atoms with Gasteiger partial charge in [0, 0.05) is 39.3 Å². The molecule has 0 spiro atoms. The maximum absolute atomic E-state index is 6.31. The predicted molar refractivity (Wildman–Crippen MR) is 90.3 cm³/mol. The zero-order chi connectivity index (χ0) is 14.7. The molecule has 2 fully saturated rings. The highest BCUT2D eigenvalue weighted by molar-refractivity contribution is 6.33. The van der Waals surface area contributed by atoms with E-state index in [0.29, 0.717) is 5.41 Å². The first-order chi connectivity index (χ1) is 10.2. The molecule has 2 saturated heterocycles. The number of nitrogens with one attached hydrogen (secondary N) is 1. The summed E-state index contributed by atoms with van der Waals surface area (Å²) in [5, 5.41) is 4.41. The van der Waals surface area contributed by atoms with Crippen LogP contribution in [0, 0.1) is 5.41 Å². The molecular formula is C17H26ClN3. The molecule has 0 bridgehead atoms. The van der Waals surface area contributed by atoms with Gasteiger partial charge < -0.3 is 10.2 Å². The fourth-order valence-corrected chi connectivity index (χ4v) is 3.93. The highest BCUT2D eigenvalue weighted by Crippen LogP contribution is 2.31. The molecule has 1 unspecified atom stereocenters. The van der Waals surface area contributed by atoms with Gasteiger partial charge in [-0.05, 0) is 36.9 Å². The van der Waals surface area contributed by atoms with Gasteiger partial charge in [0.1, 0.15) is 0 Å². The highest BCUT2D eigenvalue weighted by Gasteiger charge is 2.34. The molecule has 21 heavy (non-hydrogen) atoms. The number of nitrogens with zero attached hydrogens (tertiary/aromatic N) is 2. The van der Waals surface area contributed by atoms with Crippen molar-refractivity contribution in [2.24, 2.45) is 5.41 Å². The summed E-state index contributed by atoms with van der Waals surface area (Å²) in [5.74, 6) is 0. The van der Waals surface area contributed by atoms with Crippen molar-refractivity contribution in [2.75, 3.05) is 50.7 Å². The van der Waals surface area contributed by atoms with Crippen molar-refractivity contribution in [1.82, 2.24) is 10.2 Å². The van der Waals surface area contributed by atoms with Crippen molar-refractivity contribution in [3.8, 4) is 0 Å². The third kappa shape index (κ3) is 3.36. The molecule has 1 atom stereocenters. The van der Waals surface area contributed by atoms with Gasteiger partial charge >= 0.3 is 0 Å². The second kappa shape index (κ2) is 6.55. The Labute approximate surface area is 133 Å². The molecule has 4 heteroatoms. The minimum absolute atomic E-state index is 0.507. The summed E-state index contributed by atoms with van der Waals surface area (Å²) in [4.78, 5) is 5.06. The number of benzene rings is 1. The minimum Gasteiger partial charge on any atom is -0.368 e. The Morgan fingerprint density at radius 1 is 1.19 bits per heavy atom. The summed E-state index contributed by atoms with van der Waals surface area (Å²) in [6.07, 6.45) is 2.61. The van der Waals surface area contributed by atoms with E-state index in [1.54, 1.807) is 0 Å². The van der Waals surface area contributed by atoms with E-state index in [1.165, 1.54) is 38.2 Å². The molecule has 0 amide bonds. The topological polar surface area (TPSA) is 18.5 Å². The van der Waals surface area contributed by atoms with Crippen LogP contribution in [0.25, 0.3) is 0 Å². The van der Waals surface area contributed by atoms with Crippen molar-refractivity contribution in [2.45, 2.75) is 19.8 Å². The van der Waals surface area contributed by atoms with Crippen molar-refractivity contribution in [3.05, 3.63) is 29.3 Å². The van der Waals surface area contributed by atoms with Crippen LogP contribution < -0.4 is 10.2 Å². The third-order valence-electron chi connectivity index (χ3n) is 5.21.